The topological polar surface area (TPSA) is 67.6 Å². The van der Waals surface area contributed by atoms with Gasteiger partial charge in [-0.25, -0.2) is 4.52 Å². The van der Waals surface area contributed by atoms with Crippen molar-refractivity contribution in [2.45, 2.75) is 26.1 Å². The fourth-order valence-corrected chi connectivity index (χ4v) is 6.01. The molecule has 4 heterocycles. The summed E-state index contributed by atoms with van der Waals surface area (Å²) in [6, 6.07) is 9.47. The highest BCUT2D eigenvalue weighted by atomic mass is 32.1. The number of fused-ring (bicyclic) bond motifs is 2. The van der Waals surface area contributed by atoms with E-state index in [4.69, 9.17) is 9.72 Å². The number of hydrogen-bond acceptors (Lipinski definition) is 7. The Morgan fingerprint density at radius 1 is 1.20 bits per heavy atom. The van der Waals surface area contributed by atoms with Gasteiger partial charge in [0.2, 0.25) is 5.95 Å². The molecular weight excluding hydrogens is 477 g/mol. The Kier molecular flexibility index (Phi) is 4.79. The first-order chi connectivity index (χ1) is 16.7. The van der Waals surface area contributed by atoms with Gasteiger partial charge in [0.15, 0.2) is 5.65 Å². The van der Waals surface area contributed by atoms with E-state index in [-0.39, 0.29) is 17.2 Å². The van der Waals surface area contributed by atoms with Gasteiger partial charge in [0.05, 0.1) is 18.4 Å². The summed E-state index contributed by atoms with van der Waals surface area (Å²) in [4.78, 5) is 7.08. The lowest BCUT2D eigenvalue weighted by molar-refractivity contribution is -0.137. The first-order valence-corrected chi connectivity index (χ1v) is 12.0. The summed E-state index contributed by atoms with van der Waals surface area (Å²) in [6.45, 7) is 6.18. The lowest BCUT2D eigenvalue weighted by Gasteiger charge is -2.22. The van der Waals surface area contributed by atoms with Crippen LogP contribution in [0.3, 0.4) is 0 Å². The van der Waals surface area contributed by atoms with E-state index in [9.17, 15) is 13.2 Å². The van der Waals surface area contributed by atoms with Crippen LogP contribution < -0.4 is 15.0 Å². The average molecular weight is 501 g/mol. The Morgan fingerprint density at radius 2 is 2.03 bits per heavy atom. The van der Waals surface area contributed by atoms with E-state index < -0.39 is 11.7 Å². The molecule has 1 saturated heterocycles. The smallest absolute Gasteiger partial charge is 0.416 e. The van der Waals surface area contributed by atoms with Crippen LogP contribution in [0.25, 0.3) is 16.8 Å². The molecule has 1 aromatic carbocycles. The average Bonchev–Trinajstić information content (AvgIpc) is 3.30. The molecule has 1 saturated carbocycles. The first kappa shape index (κ1) is 22.1. The highest BCUT2D eigenvalue weighted by Crippen LogP contribution is 2.59. The zero-order chi connectivity index (χ0) is 24.5. The third-order valence-electron chi connectivity index (χ3n) is 7.19. The van der Waals surface area contributed by atoms with Crippen LogP contribution in [-0.4, -0.2) is 45.2 Å². The van der Waals surface area contributed by atoms with Gasteiger partial charge in [-0.3, -0.25) is 0 Å². The number of halogens is 3. The number of nitrogens with zero attached hydrogens (tertiary/aromatic N) is 5. The molecule has 4 aromatic rings. The quantitative estimate of drug-likeness (QED) is 0.410. The van der Waals surface area contributed by atoms with Gasteiger partial charge in [-0.05, 0) is 54.9 Å². The van der Waals surface area contributed by atoms with Crippen molar-refractivity contribution >= 4 is 28.1 Å². The number of piperidine rings is 1. The predicted octanol–water partition coefficient (Wildman–Crippen LogP) is 5.13. The van der Waals surface area contributed by atoms with Crippen LogP contribution in [0, 0.1) is 18.3 Å². The molecule has 1 aliphatic heterocycles. The Hall–Kier alpha value is -3.34. The van der Waals surface area contributed by atoms with Gasteiger partial charge in [0.25, 0.3) is 0 Å². The number of anilines is 2. The first-order valence-electron chi connectivity index (χ1n) is 11.2. The van der Waals surface area contributed by atoms with Gasteiger partial charge in [-0.1, -0.05) is 6.92 Å². The van der Waals surface area contributed by atoms with E-state index in [2.05, 4.69) is 32.7 Å². The second kappa shape index (κ2) is 7.58. The lowest BCUT2D eigenvalue weighted by Crippen LogP contribution is -2.30. The number of rotatable bonds is 5. The molecule has 3 aromatic heterocycles. The molecule has 1 N–H and O–H groups in total. The highest BCUT2D eigenvalue weighted by molar-refractivity contribution is 7.10. The summed E-state index contributed by atoms with van der Waals surface area (Å²) >= 11 is 1.54. The van der Waals surface area contributed by atoms with Gasteiger partial charge in [0.1, 0.15) is 10.8 Å². The van der Waals surface area contributed by atoms with Crippen LogP contribution in [0.15, 0.2) is 42.6 Å². The molecular formula is C24H23F3N6OS. The monoisotopic (exact) mass is 500 g/mol. The molecule has 3 atom stereocenters. The van der Waals surface area contributed by atoms with Crippen LogP contribution in [0.5, 0.6) is 5.75 Å². The molecule has 2 aliphatic rings. The molecule has 2 fully saturated rings. The summed E-state index contributed by atoms with van der Waals surface area (Å²) in [7, 11) is 1.36. The van der Waals surface area contributed by atoms with Crippen LogP contribution in [0.1, 0.15) is 18.2 Å². The van der Waals surface area contributed by atoms with Crippen molar-refractivity contribution in [3.05, 3.63) is 53.9 Å². The van der Waals surface area contributed by atoms with Crippen LogP contribution in [0.4, 0.5) is 24.1 Å². The molecule has 1 aliphatic carbocycles. The van der Waals surface area contributed by atoms with Gasteiger partial charge in [-0.15, -0.1) is 5.10 Å². The largest absolute Gasteiger partial charge is 0.496 e. The molecule has 1 unspecified atom stereocenters. The standard InChI is InChI=1S/C24H23F3N6OS/c1-13-9-19(35-31-13)32-11-17-20(23(17,2)12-32)28-22-29-21-16(5-4-8-33(21)30-22)15-7-6-14(24(25,26)27)10-18(15)34-3/h4-10,17,20H,11-12H2,1-3H3,(H,28,30)/t17-,20-,23?/m0/s1. The second-order valence-corrected chi connectivity index (χ2v) is 10.2. The Balaban J connectivity index is 1.26. The minimum absolute atomic E-state index is 0.120. The van der Waals surface area contributed by atoms with Crippen molar-refractivity contribution in [3.8, 4) is 16.9 Å². The summed E-state index contributed by atoms with van der Waals surface area (Å²) < 4.78 is 50.9. The fourth-order valence-electron chi connectivity index (χ4n) is 5.24. The van der Waals surface area contributed by atoms with Gasteiger partial charge >= 0.3 is 6.18 Å². The third-order valence-corrected chi connectivity index (χ3v) is 8.13. The summed E-state index contributed by atoms with van der Waals surface area (Å²) in [5.74, 6) is 1.11. The van der Waals surface area contributed by atoms with Crippen molar-refractivity contribution < 1.29 is 17.9 Å². The zero-order valence-corrected chi connectivity index (χ0v) is 20.1. The maximum Gasteiger partial charge on any atom is 0.416 e. The number of aryl methyl sites for hydroxylation is 1. The molecule has 0 bridgehead atoms. The predicted molar refractivity (Wildman–Crippen MR) is 128 cm³/mol. The fraction of sp³-hybridized carbons (Fsp3) is 0.375. The third kappa shape index (κ3) is 3.60. The number of benzene rings is 1. The highest BCUT2D eigenvalue weighted by Gasteiger charge is 2.66. The lowest BCUT2D eigenvalue weighted by atomic mass is 10.0. The van der Waals surface area contributed by atoms with Crippen molar-refractivity contribution in [2.75, 3.05) is 30.4 Å². The number of methoxy groups -OCH3 is 1. The van der Waals surface area contributed by atoms with E-state index in [0.29, 0.717) is 28.6 Å². The molecule has 11 heteroatoms. The summed E-state index contributed by atoms with van der Waals surface area (Å²) in [5, 5.41) is 9.29. The SMILES string of the molecule is COc1cc(C(F)(F)F)ccc1-c1cccn2nc(N[C@H]3[C@@H]4CN(c5cc(C)ns5)CC43C)nc12. The van der Waals surface area contributed by atoms with Crippen molar-refractivity contribution in [3.63, 3.8) is 0 Å². The van der Waals surface area contributed by atoms with Crippen LogP contribution in [0.2, 0.25) is 0 Å². The van der Waals surface area contributed by atoms with Gasteiger partial charge in [-0.2, -0.15) is 22.5 Å². The van der Waals surface area contributed by atoms with E-state index >= 15 is 0 Å². The molecule has 0 spiro atoms. The molecule has 0 radical (unpaired) electrons. The van der Waals surface area contributed by atoms with E-state index in [0.717, 1.165) is 30.9 Å². The minimum Gasteiger partial charge on any atom is -0.496 e. The zero-order valence-electron chi connectivity index (χ0n) is 19.3. The van der Waals surface area contributed by atoms with E-state index in [1.54, 1.807) is 22.8 Å². The second-order valence-electron chi connectivity index (χ2n) is 9.46. The van der Waals surface area contributed by atoms with Crippen LogP contribution >= 0.6 is 11.5 Å². The van der Waals surface area contributed by atoms with Crippen molar-refractivity contribution in [1.82, 2.24) is 19.0 Å². The Bertz CT molecular complexity index is 1430. The van der Waals surface area contributed by atoms with E-state index in [1.165, 1.54) is 29.7 Å². The summed E-state index contributed by atoms with van der Waals surface area (Å²) in [5.41, 5.74) is 2.12. The molecule has 182 valence electrons. The number of ether oxygens (including phenoxy) is 1. The molecule has 6 rings (SSSR count). The maximum atomic E-state index is 13.2. The Morgan fingerprint density at radius 3 is 2.69 bits per heavy atom. The summed E-state index contributed by atoms with van der Waals surface area (Å²) in [6.07, 6.45) is -2.67. The van der Waals surface area contributed by atoms with Crippen molar-refractivity contribution in [1.29, 1.82) is 0 Å². The van der Waals surface area contributed by atoms with E-state index in [1.807, 2.05) is 6.92 Å². The molecule has 35 heavy (non-hydrogen) atoms. The van der Waals surface area contributed by atoms with Crippen molar-refractivity contribution in [2.24, 2.45) is 11.3 Å². The van der Waals surface area contributed by atoms with Crippen LogP contribution in [-0.2, 0) is 6.18 Å². The number of pyridine rings is 1. The number of alkyl halides is 3. The van der Waals surface area contributed by atoms with Gasteiger partial charge in [0, 0.05) is 47.8 Å². The molecule has 0 amide bonds. The maximum absolute atomic E-state index is 13.2. The minimum atomic E-state index is -4.45. The van der Waals surface area contributed by atoms with Gasteiger partial charge < -0.3 is 15.0 Å². The number of nitrogens with one attached hydrogen (secondary N) is 1. The number of hydrogen-bond donors (Lipinski definition) is 1. The molecule has 7 nitrogen and oxygen atoms in total. The normalized spacial score (nSPS) is 23.5. The number of aromatic nitrogens is 4. The Labute approximate surface area is 203 Å².